The first-order chi connectivity index (χ1) is 17.6. The van der Waals surface area contributed by atoms with Gasteiger partial charge >= 0.3 is 0 Å². The molecule has 2 aromatic carbocycles. The van der Waals surface area contributed by atoms with Gasteiger partial charge in [0.2, 0.25) is 11.8 Å². The molecule has 2 aliphatic heterocycles. The van der Waals surface area contributed by atoms with E-state index in [-0.39, 0.29) is 24.7 Å². The molecule has 6 nitrogen and oxygen atoms in total. The van der Waals surface area contributed by atoms with E-state index in [0.717, 1.165) is 25.1 Å². The predicted octanol–water partition coefficient (Wildman–Crippen LogP) is 5.62. The molecule has 0 saturated carbocycles. The smallest absolute Gasteiger partial charge is 0.242 e. The van der Waals surface area contributed by atoms with Crippen LogP contribution in [0.4, 0.5) is 0 Å². The molecule has 0 bridgehead atoms. The van der Waals surface area contributed by atoms with E-state index in [9.17, 15) is 9.59 Å². The number of thioether (sulfide) groups is 1. The van der Waals surface area contributed by atoms with E-state index in [4.69, 9.17) is 4.99 Å². The van der Waals surface area contributed by atoms with Gasteiger partial charge in [0.1, 0.15) is 5.84 Å². The third kappa shape index (κ3) is 8.72. The molecule has 7 heteroatoms. The standard InChI is InChI=1S/C16H20N2S.C13H16N2O2/c1-2-13-12-19-15-9-5-4-8-14(15)16(17-13)18-10-6-3-7-11-18;1-2-3-9-12(16)14-15-13(17)10-11-7-5-4-6-8-11/h4-5,8-9,12H,2-3,6-7,10-11H2,1H3;2-8H,9-10H2,1H3,(H,14,16)(H,15,17)/b;3-2-. The summed E-state index contributed by atoms with van der Waals surface area (Å²) in [6, 6.07) is 18.0. The number of nitrogens with zero attached hydrogens (tertiary/aromatic N) is 2. The second kappa shape index (κ2) is 14.9. The van der Waals surface area contributed by atoms with Crippen LogP contribution >= 0.6 is 11.8 Å². The van der Waals surface area contributed by atoms with Gasteiger partial charge < -0.3 is 4.90 Å². The van der Waals surface area contributed by atoms with Crippen molar-refractivity contribution in [3.63, 3.8) is 0 Å². The van der Waals surface area contributed by atoms with E-state index >= 15 is 0 Å². The highest BCUT2D eigenvalue weighted by Gasteiger charge is 2.20. The van der Waals surface area contributed by atoms with Crippen LogP contribution in [0.2, 0.25) is 0 Å². The Hall–Kier alpha value is -3.32. The van der Waals surface area contributed by atoms with Crippen LogP contribution in [0.1, 0.15) is 57.1 Å². The van der Waals surface area contributed by atoms with Gasteiger partial charge in [0.25, 0.3) is 0 Å². The van der Waals surface area contributed by atoms with Gasteiger partial charge in [-0.15, -0.1) is 0 Å². The summed E-state index contributed by atoms with van der Waals surface area (Å²) in [4.78, 5) is 31.4. The van der Waals surface area contributed by atoms with Crippen LogP contribution in [0, 0.1) is 0 Å². The van der Waals surface area contributed by atoms with E-state index in [1.165, 1.54) is 41.3 Å². The molecule has 0 aromatic heterocycles. The van der Waals surface area contributed by atoms with Gasteiger partial charge in [-0.3, -0.25) is 20.4 Å². The van der Waals surface area contributed by atoms with E-state index in [1.807, 2.05) is 37.3 Å². The molecule has 2 aromatic rings. The molecular formula is C29H36N4O2S. The minimum absolute atomic E-state index is 0.231. The molecule has 0 aliphatic carbocycles. The number of carbonyl (C=O) groups excluding carboxylic acids is 2. The topological polar surface area (TPSA) is 73.8 Å². The molecule has 0 unspecified atom stereocenters. The highest BCUT2D eigenvalue weighted by Crippen LogP contribution is 2.31. The number of allylic oxidation sites excluding steroid dienone is 2. The molecule has 1 fully saturated rings. The van der Waals surface area contributed by atoms with Crippen molar-refractivity contribution >= 4 is 29.4 Å². The molecule has 2 aliphatic rings. The number of hydrogen-bond donors (Lipinski definition) is 2. The maximum absolute atomic E-state index is 11.4. The fraction of sp³-hybridized carbons (Fsp3) is 0.345. The van der Waals surface area contributed by atoms with Gasteiger partial charge in [-0.2, -0.15) is 0 Å². The van der Waals surface area contributed by atoms with Crippen molar-refractivity contribution in [3.8, 4) is 0 Å². The zero-order valence-electron chi connectivity index (χ0n) is 21.2. The molecule has 2 amide bonds. The Morgan fingerprint density at radius 3 is 2.39 bits per heavy atom. The fourth-order valence-corrected chi connectivity index (χ4v) is 4.78. The number of aliphatic imine (C=N–C) groups is 1. The van der Waals surface area contributed by atoms with Crippen molar-refractivity contribution in [1.82, 2.24) is 15.8 Å². The maximum Gasteiger partial charge on any atom is 0.242 e. The Morgan fingerprint density at radius 1 is 0.972 bits per heavy atom. The summed E-state index contributed by atoms with van der Waals surface area (Å²) in [6.07, 6.45) is 8.96. The van der Waals surface area contributed by atoms with E-state index in [0.29, 0.717) is 0 Å². The lowest BCUT2D eigenvalue weighted by Gasteiger charge is -2.30. The van der Waals surface area contributed by atoms with Gasteiger partial charge in [-0.05, 0) is 49.6 Å². The number of amidine groups is 1. The lowest BCUT2D eigenvalue weighted by Crippen LogP contribution is -2.42. The van der Waals surface area contributed by atoms with Gasteiger partial charge in [0.05, 0.1) is 6.42 Å². The van der Waals surface area contributed by atoms with Crippen molar-refractivity contribution in [1.29, 1.82) is 0 Å². The number of carbonyl (C=O) groups is 2. The lowest BCUT2D eigenvalue weighted by atomic mass is 10.1. The number of hydrogen-bond acceptors (Lipinski definition) is 5. The number of likely N-dealkylation sites (tertiary alicyclic amines) is 1. The normalized spacial score (nSPS) is 15.0. The molecule has 0 spiro atoms. The van der Waals surface area contributed by atoms with Crippen LogP contribution in [0.15, 0.2) is 87.7 Å². The Kier molecular flexibility index (Phi) is 11.3. The Labute approximate surface area is 218 Å². The summed E-state index contributed by atoms with van der Waals surface area (Å²) in [5.41, 5.74) is 8.12. The monoisotopic (exact) mass is 504 g/mol. The number of hydrazine groups is 1. The number of fused-ring (bicyclic) bond motifs is 1. The third-order valence-electron chi connectivity index (χ3n) is 5.81. The van der Waals surface area contributed by atoms with Crippen LogP contribution < -0.4 is 10.9 Å². The van der Waals surface area contributed by atoms with Crippen LogP contribution in [0.25, 0.3) is 0 Å². The zero-order chi connectivity index (χ0) is 25.6. The van der Waals surface area contributed by atoms with Crippen LogP contribution in [0.3, 0.4) is 0 Å². The number of piperidine rings is 1. The molecule has 36 heavy (non-hydrogen) atoms. The van der Waals surface area contributed by atoms with E-state index in [1.54, 1.807) is 23.9 Å². The first-order valence-corrected chi connectivity index (χ1v) is 13.5. The minimum Gasteiger partial charge on any atom is -0.356 e. The Bertz CT molecular complexity index is 1090. The van der Waals surface area contributed by atoms with Gasteiger partial charge in [-0.1, -0.05) is 79.4 Å². The number of amides is 2. The average molecular weight is 505 g/mol. The highest BCUT2D eigenvalue weighted by atomic mass is 32.2. The second-order valence-electron chi connectivity index (χ2n) is 8.59. The zero-order valence-corrected chi connectivity index (χ0v) is 22.0. The number of benzene rings is 2. The molecule has 2 N–H and O–H groups in total. The molecule has 1 saturated heterocycles. The predicted molar refractivity (Wildman–Crippen MR) is 148 cm³/mol. The SMILES string of the molecule is C/C=C\CC(=O)NNC(=O)Cc1ccccc1.CCC1=CSc2ccccc2C(N2CCCCC2)=N1. The van der Waals surface area contributed by atoms with Crippen molar-refractivity contribution in [2.75, 3.05) is 13.1 Å². The van der Waals surface area contributed by atoms with Crippen molar-refractivity contribution in [3.05, 3.63) is 89.0 Å². The van der Waals surface area contributed by atoms with Gasteiger partial charge in [0.15, 0.2) is 0 Å². The van der Waals surface area contributed by atoms with Crippen LogP contribution in [-0.2, 0) is 16.0 Å². The van der Waals surface area contributed by atoms with E-state index < -0.39 is 0 Å². The molecule has 190 valence electrons. The molecule has 2 heterocycles. The first-order valence-electron chi connectivity index (χ1n) is 12.6. The van der Waals surface area contributed by atoms with Gasteiger partial charge in [-0.25, -0.2) is 4.99 Å². The average Bonchev–Trinajstić information content (AvgIpc) is 3.12. The third-order valence-corrected chi connectivity index (χ3v) is 6.80. The first kappa shape index (κ1) is 27.3. The molecule has 0 atom stereocenters. The summed E-state index contributed by atoms with van der Waals surface area (Å²) in [6.45, 7) is 6.31. The Balaban J connectivity index is 0.000000202. The van der Waals surface area contributed by atoms with Crippen molar-refractivity contribution < 1.29 is 9.59 Å². The summed E-state index contributed by atoms with van der Waals surface area (Å²) < 4.78 is 0. The minimum atomic E-state index is -0.232. The molecule has 0 radical (unpaired) electrons. The van der Waals surface area contributed by atoms with Crippen LogP contribution in [-0.4, -0.2) is 35.6 Å². The van der Waals surface area contributed by atoms with Crippen molar-refractivity contribution in [2.24, 2.45) is 4.99 Å². The lowest BCUT2D eigenvalue weighted by molar-refractivity contribution is -0.128. The fourth-order valence-electron chi connectivity index (χ4n) is 3.86. The van der Waals surface area contributed by atoms with E-state index in [2.05, 4.69) is 52.3 Å². The highest BCUT2D eigenvalue weighted by molar-refractivity contribution is 8.02. The molecule has 4 rings (SSSR count). The van der Waals surface area contributed by atoms with Crippen molar-refractivity contribution in [2.45, 2.75) is 57.3 Å². The molecular weight excluding hydrogens is 468 g/mol. The summed E-state index contributed by atoms with van der Waals surface area (Å²) in [5, 5.41) is 2.20. The number of rotatable bonds is 5. The summed E-state index contributed by atoms with van der Waals surface area (Å²) >= 11 is 1.81. The summed E-state index contributed by atoms with van der Waals surface area (Å²) in [5.74, 6) is 0.725. The number of nitrogens with one attached hydrogen (secondary N) is 2. The maximum atomic E-state index is 11.4. The summed E-state index contributed by atoms with van der Waals surface area (Å²) in [7, 11) is 0. The largest absolute Gasteiger partial charge is 0.356 e. The quantitative estimate of drug-likeness (QED) is 0.410. The van der Waals surface area contributed by atoms with Gasteiger partial charge in [0, 0.05) is 35.7 Å². The van der Waals surface area contributed by atoms with Crippen LogP contribution in [0.5, 0.6) is 0 Å². The Morgan fingerprint density at radius 2 is 1.67 bits per heavy atom. The second-order valence-corrected chi connectivity index (χ2v) is 9.50.